The Bertz CT molecular complexity index is 575. The van der Waals surface area contributed by atoms with Crippen LogP contribution >= 0.6 is 0 Å². The van der Waals surface area contributed by atoms with Crippen molar-refractivity contribution in [3.63, 3.8) is 0 Å². The highest BCUT2D eigenvalue weighted by Crippen LogP contribution is 2.22. The maximum atomic E-state index is 13.8. The molecule has 6 heteroatoms. The summed E-state index contributed by atoms with van der Waals surface area (Å²) in [4.78, 5) is 25.7. The van der Waals surface area contributed by atoms with Crippen LogP contribution in [0.2, 0.25) is 0 Å². The van der Waals surface area contributed by atoms with Gasteiger partial charge in [0.05, 0.1) is 0 Å². The van der Waals surface area contributed by atoms with Gasteiger partial charge in [-0.05, 0) is 18.9 Å². The summed E-state index contributed by atoms with van der Waals surface area (Å²) in [6.07, 6.45) is 0. The Hall–Kier alpha value is -1.98. The van der Waals surface area contributed by atoms with E-state index in [2.05, 4.69) is 5.32 Å². The van der Waals surface area contributed by atoms with Gasteiger partial charge in [0.25, 0.3) is 0 Å². The molecule has 4 nitrogen and oxygen atoms in total. The molecule has 2 amide bonds. The van der Waals surface area contributed by atoms with Gasteiger partial charge in [-0.25, -0.2) is 8.78 Å². The Morgan fingerprint density at radius 3 is 2.57 bits per heavy atom. The summed E-state index contributed by atoms with van der Waals surface area (Å²) >= 11 is 0. The summed E-state index contributed by atoms with van der Waals surface area (Å²) in [5.74, 6) is -2.63. The Morgan fingerprint density at radius 1 is 1.29 bits per heavy atom. The van der Waals surface area contributed by atoms with Gasteiger partial charge < -0.3 is 10.2 Å². The molecular weight excluding hydrogens is 278 g/mol. The van der Waals surface area contributed by atoms with E-state index in [9.17, 15) is 18.4 Å². The number of piperazine rings is 1. The van der Waals surface area contributed by atoms with E-state index >= 15 is 0 Å². The Morgan fingerprint density at radius 2 is 1.95 bits per heavy atom. The van der Waals surface area contributed by atoms with E-state index in [0.29, 0.717) is 0 Å². The Balaban J connectivity index is 2.35. The van der Waals surface area contributed by atoms with Gasteiger partial charge in [-0.1, -0.05) is 26.0 Å². The van der Waals surface area contributed by atoms with Crippen LogP contribution in [0.1, 0.15) is 26.3 Å². The fourth-order valence-corrected chi connectivity index (χ4v) is 2.58. The van der Waals surface area contributed by atoms with Crippen LogP contribution < -0.4 is 5.32 Å². The molecule has 1 saturated heterocycles. The van der Waals surface area contributed by atoms with Gasteiger partial charge in [-0.15, -0.1) is 0 Å². The summed E-state index contributed by atoms with van der Waals surface area (Å²) in [7, 11) is 0. The van der Waals surface area contributed by atoms with Crippen LogP contribution in [0, 0.1) is 17.6 Å². The van der Waals surface area contributed by atoms with Crippen molar-refractivity contribution >= 4 is 11.8 Å². The van der Waals surface area contributed by atoms with E-state index in [4.69, 9.17) is 0 Å². The number of carbonyl (C=O) groups is 2. The maximum absolute atomic E-state index is 13.8. The van der Waals surface area contributed by atoms with Gasteiger partial charge in [0.2, 0.25) is 11.8 Å². The lowest BCUT2D eigenvalue weighted by Crippen LogP contribution is -2.63. The van der Waals surface area contributed by atoms with Gasteiger partial charge in [0.1, 0.15) is 12.1 Å². The molecule has 1 N–H and O–H groups in total. The van der Waals surface area contributed by atoms with Crippen molar-refractivity contribution in [1.29, 1.82) is 0 Å². The molecule has 1 aliphatic heterocycles. The van der Waals surface area contributed by atoms with E-state index in [0.717, 1.165) is 6.07 Å². The number of nitrogens with one attached hydrogen (secondary N) is 1. The van der Waals surface area contributed by atoms with Crippen LogP contribution in [-0.4, -0.2) is 28.8 Å². The van der Waals surface area contributed by atoms with Crippen LogP contribution in [-0.2, 0) is 16.1 Å². The third kappa shape index (κ3) is 2.89. The average Bonchev–Trinajstić information content (AvgIpc) is 2.40. The fraction of sp³-hybridized carbons (Fsp3) is 0.467. The normalized spacial score (nSPS) is 22.7. The molecule has 1 aromatic rings. The summed E-state index contributed by atoms with van der Waals surface area (Å²) < 4.78 is 27.1. The van der Waals surface area contributed by atoms with Gasteiger partial charge in [0.15, 0.2) is 11.6 Å². The highest BCUT2D eigenvalue weighted by atomic mass is 19.2. The molecule has 2 rings (SSSR count). The molecule has 0 aromatic heterocycles. The summed E-state index contributed by atoms with van der Waals surface area (Å²) in [5.41, 5.74) is 0.0656. The van der Waals surface area contributed by atoms with E-state index in [-0.39, 0.29) is 29.8 Å². The topological polar surface area (TPSA) is 49.4 Å². The van der Waals surface area contributed by atoms with Crippen LogP contribution in [0.5, 0.6) is 0 Å². The monoisotopic (exact) mass is 296 g/mol. The second-order valence-electron chi connectivity index (χ2n) is 5.60. The van der Waals surface area contributed by atoms with Crippen molar-refractivity contribution in [3.8, 4) is 0 Å². The van der Waals surface area contributed by atoms with E-state index in [1.165, 1.54) is 17.0 Å². The number of carbonyl (C=O) groups excluding carboxylic acids is 2. The van der Waals surface area contributed by atoms with Gasteiger partial charge >= 0.3 is 0 Å². The van der Waals surface area contributed by atoms with Crippen molar-refractivity contribution in [2.45, 2.75) is 39.4 Å². The number of nitrogens with zero attached hydrogens (tertiary/aromatic N) is 1. The number of hydrogen-bond acceptors (Lipinski definition) is 2. The van der Waals surface area contributed by atoms with Crippen molar-refractivity contribution in [2.24, 2.45) is 5.92 Å². The molecule has 0 radical (unpaired) electrons. The average molecular weight is 296 g/mol. The molecule has 1 heterocycles. The largest absolute Gasteiger partial charge is 0.343 e. The van der Waals surface area contributed by atoms with Crippen molar-refractivity contribution < 1.29 is 18.4 Å². The zero-order valence-corrected chi connectivity index (χ0v) is 12.2. The number of halogens is 2. The SMILES string of the molecule is CC1NC(=O)C(C(C)C)N(Cc2cccc(F)c2F)C1=O. The highest BCUT2D eigenvalue weighted by Gasteiger charge is 2.40. The Labute approximate surface area is 122 Å². The van der Waals surface area contributed by atoms with Gasteiger partial charge in [-0.2, -0.15) is 0 Å². The first-order valence-electron chi connectivity index (χ1n) is 6.86. The Kier molecular flexibility index (Phi) is 4.25. The molecule has 21 heavy (non-hydrogen) atoms. The first kappa shape index (κ1) is 15.4. The standard InChI is InChI=1S/C15H18F2N2O2/c1-8(2)13-14(20)18-9(3)15(21)19(13)7-10-5-4-6-11(16)12(10)17/h4-6,8-9,13H,7H2,1-3H3,(H,18,20). The minimum atomic E-state index is -0.980. The third-order valence-corrected chi connectivity index (χ3v) is 3.62. The number of hydrogen-bond donors (Lipinski definition) is 1. The van der Waals surface area contributed by atoms with Crippen molar-refractivity contribution in [2.75, 3.05) is 0 Å². The molecule has 2 atom stereocenters. The van der Waals surface area contributed by atoms with E-state index in [1.807, 2.05) is 13.8 Å². The molecule has 1 aliphatic rings. The second-order valence-corrected chi connectivity index (χ2v) is 5.60. The quantitative estimate of drug-likeness (QED) is 0.925. The van der Waals surface area contributed by atoms with E-state index < -0.39 is 23.7 Å². The molecule has 1 aromatic carbocycles. The third-order valence-electron chi connectivity index (χ3n) is 3.62. The predicted molar refractivity (Wildman–Crippen MR) is 73.1 cm³/mol. The molecule has 0 bridgehead atoms. The first-order valence-corrected chi connectivity index (χ1v) is 6.86. The van der Waals surface area contributed by atoms with Crippen LogP contribution in [0.15, 0.2) is 18.2 Å². The number of benzene rings is 1. The first-order chi connectivity index (χ1) is 9.82. The fourth-order valence-electron chi connectivity index (χ4n) is 2.58. The predicted octanol–water partition coefficient (Wildman–Crippen LogP) is 1.84. The smallest absolute Gasteiger partial charge is 0.245 e. The van der Waals surface area contributed by atoms with Crippen LogP contribution in [0.3, 0.4) is 0 Å². The van der Waals surface area contributed by atoms with E-state index in [1.54, 1.807) is 6.92 Å². The molecule has 114 valence electrons. The molecule has 1 fully saturated rings. The zero-order chi connectivity index (χ0) is 15.7. The zero-order valence-electron chi connectivity index (χ0n) is 12.2. The highest BCUT2D eigenvalue weighted by molar-refractivity contribution is 5.96. The lowest BCUT2D eigenvalue weighted by Gasteiger charge is -2.40. The van der Waals surface area contributed by atoms with Crippen molar-refractivity contribution in [1.82, 2.24) is 10.2 Å². The van der Waals surface area contributed by atoms with Crippen LogP contribution in [0.4, 0.5) is 8.78 Å². The van der Waals surface area contributed by atoms with Gasteiger partial charge in [0, 0.05) is 12.1 Å². The molecule has 0 saturated carbocycles. The lowest BCUT2D eigenvalue weighted by molar-refractivity contribution is -0.151. The summed E-state index contributed by atoms with van der Waals surface area (Å²) in [6, 6.07) is 2.48. The number of amides is 2. The second kappa shape index (κ2) is 5.79. The maximum Gasteiger partial charge on any atom is 0.245 e. The molecule has 0 spiro atoms. The minimum absolute atomic E-state index is 0.0656. The molecule has 0 aliphatic carbocycles. The van der Waals surface area contributed by atoms with Crippen LogP contribution in [0.25, 0.3) is 0 Å². The molecular formula is C15H18F2N2O2. The molecule has 2 unspecified atom stereocenters. The van der Waals surface area contributed by atoms with Gasteiger partial charge in [-0.3, -0.25) is 9.59 Å². The summed E-state index contributed by atoms with van der Waals surface area (Å²) in [6.45, 7) is 5.07. The summed E-state index contributed by atoms with van der Waals surface area (Å²) in [5, 5.41) is 2.60. The number of rotatable bonds is 3. The minimum Gasteiger partial charge on any atom is -0.343 e. The lowest BCUT2D eigenvalue weighted by atomic mass is 9.96. The van der Waals surface area contributed by atoms with Crippen molar-refractivity contribution in [3.05, 3.63) is 35.4 Å².